The molecule has 0 spiro atoms. The van der Waals surface area contributed by atoms with Crippen LogP contribution in [-0.4, -0.2) is 37.3 Å². The zero-order valence-electron chi connectivity index (χ0n) is 18.0. The molecule has 1 aromatic carbocycles. The van der Waals surface area contributed by atoms with Crippen LogP contribution in [0.5, 0.6) is 0 Å². The maximum Gasteiger partial charge on any atom is 0.471 e. The Labute approximate surface area is 194 Å². The first-order valence-corrected chi connectivity index (χ1v) is 11.5. The van der Waals surface area contributed by atoms with Crippen molar-refractivity contribution in [1.29, 1.82) is 0 Å². The molecule has 0 aliphatic heterocycles. The summed E-state index contributed by atoms with van der Waals surface area (Å²) < 4.78 is 31.1. The van der Waals surface area contributed by atoms with Crippen LogP contribution < -0.4 is 4.90 Å². The number of pyridine rings is 2. The van der Waals surface area contributed by atoms with Crippen LogP contribution >= 0.6 is 7.82 Å². The molecule has 0 bridgehead atoms. The van der Waals surface area contributed by atoms with Gasteiger partial charge in [-0.25, -0.2) is 14.5 Å². The number of nitrogens with zero attached hydrogens (tertiary/aromatic N) is 4. The molecule has 1 amide bonds. The summed E-state index contributed by atoms with van der Waals surface area (Å²) in [5.41, 5.74) is 3.64. The molecule has 11 heteroatoms. The van der Waals surface area contributed by atoms with Crippen LogP contribution in [0.4, 0.5) is 10.1 Å². The van der Waals surface area contributed by atoms with Crippen LogP contribution in [0.3, 0.4) is 0 Å². The molecule has 4 rings (SSSR count). The van der Waals surface area contributed by atoms with Crippen LogP contribution in [0.25, 0.3) is 33.3 Å². The smallest absolute Gasteiger partial charge is 0.312 e. The molecule has 2 N–H and O–H groups in total. The molecule has 3 heterocycles. The Balaban J connectivity index is 1.84. The van der Waals surface area contributed by atoms with E-state index in [1.807, 2.05) is 18.2 Å². The van der Waals surface area contributed by atoms with Crippen LogP contribution in [0, 0.1) is 5.95 Å². The van der Waals surface area contributed by atoms with Gasteiger partial charge in [-0.1, -0.05) is 18.7 Å². The quantitative estimate of drug-likeness (QED) is 0.231. The van der Waals surface area contributed by atoms with Gasteiger partial charge in [0.2, 0.25) is 11.9 Å². The Morgan fingerprint density at radius 1 is 1.21 bits per heavy atom. The second-order valence-electron chi connectivity index (χ2n) is 7.38. The second-order valence-corrected chi connectivity index (χ2v) is 8.61. The summed E-state index contributed by atoms with van der Waals surface area (Å²) >= 11 is 0. The maximum atomic E-state index is 13.8. The summed E-state index contributed by atoms with van der Waals surface area (Å²) in [4.78, 5) is 39.7. The van der Waals surface area contributed by atoms with Crippen molar-refractivity contribution in [2.24, 2.45) is 0 Å². The lowest BCUT2D eigenvalue weighted by Crippen LogP contribution is -2.23. The second kappa shape index (κ2) is 9.28. The van der Waals surface area contributed by atoms with E-state index in [0.29, 0.717) is 27.8 Å². The van der Waals surface area contributed by atoms with Gasteiger partial charge in [0.15, 0.2) is 0 Å². The number of carbonyl (C=O) groups is 1. The minimum absolute atomic E-state index is 0.255. The highest BCUT2D eigenvalue weighted by Gasteiger charge is 2.18. The fourth-order valence-electron chi connectivity index (χ4n) is 3.52. The minimum atomic E-state index is -4.72. The summed E-state index contributed by atoms with van der Waals surface area (Å²) in [5, 5.41) is 0.610. The van der Waals surface area contributed by atoms with Crippen molar-refractivity contribution in [3.63, 3.8) is 0 Å². The van der Waals surface area contributed by atoms with Crippen molar-refractivity contribution in [2.75, 3.05) is 11.9 Å². The molecule has 0 radical (unpaired) electrons. The molecule has 0 aliphatic rings. The van der Waals surface area contributed by atoms with Gasteiger partial charge in [0.05, 0.1) is 0 Å². The van der Waals surface area contributed by atoms with E-state index in [9.17, 15) is 13.8 Å². The van der Waals surface area contributed by atoms with E-state index in [2.05, 4.69) is 21.1 Å². The highest BCUT2D eigenvalue weighted by molar-refractivity contribution is 7.46. The first-order valence-electron chi connectivity index (χ1n) is 9.98. The molecule has 0 atom stereocenters. The zero-order chi connectivity index (χ0) is 24.5. The normalized spacial score (nSPS) is 11.5. The molecule has 0 saturated heterocycles. The Morgan fingerprint density at radius 3 is 2.71 bits per heavy atom. The molecule has 0 fully saturated rings. The third kappa shape index (κ3) is 4.95. The number of carbonyl (C=O) groups excluding carboxylic acids is 1. The minimum Gasteiger partial charge on any atom is -0.312 e. The number of benzene rings is 1. The van der Waals surface area contributed by atoms with Crippen molar-refractivity contribution in [1.82, 2.24) is 14.5 Å². The van der Waals surface area contributed by atoms with E-state index in [4.69, 9.17) is 9.79 Å². The third-order valence-electron chi connectivity index (χ3n) is 5.19. The number of amides is 1. The Kier molecular flexibility index (Phi) is 6.41. The van der Waals surface area contributed by atoms with E-state index in [-0.39, 0.29) is 5.91 Å². The lowest BCUT2D eigenvalue weighted by atomic mass is 10.0. The van der Waals surface area contributed by atoms with Gasteiger partial charge in [-0.15, -0.1) is 0 Å². The standard InChI is InChI=1S/C23H20FN4O5P/c1-3-22(29)27(2)18-6-4-5-15(9-18)17-10-19-20(16-7-8-25-21(24)11-16)13-28(23(19)26-12-17)14-33-34(30,31)32/h3-13H,1,14H2,2H3,(H2,30,31,32). The summed E-state index contributed by atoms with van der Waals surface area (Å²) in [6.45, 7) is 3.05. The predicted octanol–water partition coefficient (Wildman–Crippen LogP) is 4.12. The van der Waals surface area contributed by atoms with Gasteiger partial charge in [-0.3, -0.25) is 9.32 Å². The van der Waals surface area contributed by atoms with Crippen molar-refractivity contribution < 1.29 is 28.1 Å². The average molecular weight is 482 g/mol. The van der Waals surface area contributed by atoms with Crippen LogP contribution in [0.2, 0.25) is 0 Å². The summed E-state index contributed by atoms with van der Waals surface area (Å²) in [6.07, 6.45) is 5.73. The van der Waals surface area contributed by atoms with Gasteiger partial charge >= 0.3 is 7.82 Å². The van der Waals surface area contributed by atoms with E-state index < -0.39 is 20.5 Å². The Hall–Kier alpha value is -3.69. The maximum absolute atomic E-state index is 13.8. The highest BCUT2D eigenvalue weighted by atomic mass is 31.2. The molecule has 174 valence electrons. The predicted molar refractivity (Wildman–Crippen MR) is 125 cm³/mol. The summed E-state index contributed by atoms with van der Waals surface area (Å²) in [5.74, 6) is -0.925. The summed E-state index contributed by atoms with van der Waals surface area (Å²) in [7, 11) is -3.08. The molecule has 4 aromatic rings. The fourth-order valence-corrected chi connectivity index (χ4v) is 3.80. The van der Waals surface area contributed by atoms with E-state index in [1.165, 1.54) is 27.8 Å². The van der Waals surface area contributed by atoms with Crippen LogP contribution in [0.1, 0.15) is 0 Å². The third-order valence-corrected chi connectivity index (χ3v) is 5.64. The largest absolute Gasteiger partial charge is 0.471 e. The lowest BCUT2D eigenvalue weighted by molar-refractivity contribution is -0.113. The highest BCUT2D eigenvalue weighted by Crippen LogP contribution is 2.38. The molecule has 3 aromatic heterocycles. The van der Waals surface area contributed by atoms with Crippen molar-refractivity contribution in [3.8, 4) is 22.3 Å². The molecule has 0 unspecified atom stereocenters. The van der Waals surface area contributed by atoms with Crippen molar-refractivity contribution in [3.05, 3.63) is 79.7 Å². The number of hydrogen-bond acceptors (Lipinski definition) is 5. The number of rotatable bonds is 7. The van der Waals surface area contributed by atoms with E-state index in [1.54, 1.807) is 37.6 Å². The number of halogens is 1. The molecule has 34 heavy (non-hydrogen) atoms. The van der Waals surface area contributed by atoms with Crippen LogP contribution in [-0.2, 0) is 20.6 Å². The van der Waals surface area contributed by atoms with Gasteiger partial charge in [0.1, 0.15) is 12.4 Å². The van der Waals surface area contributed by atoms with E-state index in [0.717, 1.165) is 11.1 Å². The number of phosphoric acid groups is 1. The number of anilines is 1. The topological polar surface area (TPSA) is 118 Å². The molecule has 9 nitrogen and oxygen atoms in total. The monoisotopic (exact) mass is 482 g/mol. The first-order chi connectivity index (χ1) is 16.2. The van der Waals surface area contributed by atoms with E-state index >= 15 is 0 Å². The van der Waals surface area contributed by atoms with Crippen molar-refractivity contribution in [2.45, 2.75) is 6.73 Å². The van der Waals surface area contributed by atoms with Gasteiger partial charge in [-0.2, -0.15) is 4.39 Å². The van der Waals surface area contributed by atoms with Gasteiger partial charge in [-0.05, 0) is 41.5 Å². The van der Waals surface area contributed by atoms with Crippen molar-refractivity contribution >= 4 is 30.5 Å². The lowest BCUT2D eigenvalue weighted by Gasteiger charge is -2.16. The van der Waals surface area contributed by atoms with Gasteiger partial charge in [0.25, 0.3) is 0 Å². The molecular weight excluding hydrogens is 462 g/mol. The SMILES string of the molecule is C=CC(=O)N(C)c1cccc(-c2cnc3c(c2)c(-c2ccnc(F)c2)cn3COP(=O)(O)O)c1. The fraction of sp³-hybridized carbons (Fsp3) is 0.0870. The Bertz CT molecular complexity index is 1450. The molecule has 0 saturated carbocycles. The number of hydrogen-bond donors (Lipinski definition) is 2. The van der Waals surface area contributed by atoms with Gasteiger partial charge < -0.3 is 19.3 Å². The van der Waals surface area contributed by atoms with Gasteiger partial charge in [0, 0.05) is 53.9 Å². The number of fused-ring (bicyclic) bond motifs is 1. The van der Waals surface area contributed by atoms with Crippen LogP contribution in [0.15, 0.2) is 73.7 Å². The first kappa shape index (κ1) is 23.5. The number of phosphoric ester groups is 1. The average Bonchev–Trinajstić information content (AvgIpc) is 3.19. The number of likely N-dealkylation sites (N-methyl/N-ethyl adjacent to an activating group) is 1. The molecule has 0 aliphatic carbocycles. The zero-order valence-corrected chi connectivity index (χ0v) is 18.9. The Morgan fingerprint density at radius 2 is 2.00 bits per heavy atom. The molecular formula is C23H20FN4O5P. The summed E-state index contributed by atoms with van der Waals surface area (Å²) in [6, 6.07) is 12.0. The number of aromatic nitrogens is 3.